The van der Waals surface area contributed by atoms with Gasteiger partial charge in [0, 0.05) is 49.4 Å². The number of ether oxygens (including phenoxy) is 2. The second-order valence-electron chi connectivity index (χ2n) is 8.34. The molecule has 3 aromatic heterocycles. The van der Waals surface area contributed by atoms with E-state index in [0.717, 1.165) is 60.1 Å². The summed E-state index contributed by atoms with van der Waals surface area (Å²) in [5.41, 5.74) is 2.47. The maximum Gasteiger partial charge on any atom is 0.229 e. The highest BCUT2D eigenvalue weighted by atomic mass is 16.5. The second kappa shape index (κ2) is 8.75. The molecule has 0 atom stereocenters. The van der Waals surface area contributed by atoms with Gasteiger partial charge in [0.25, 0.3) is 0 Å². The molecule has 9 nitrogen and oxygen atoms in total. The minimum Gasteiger partial charge on any atom is -0.493 e. The lowest BCUT2D eigenvalue weighted by atomic mass is 10.2. The summed E-state index contributed by atoms with van der Waals surface area (Å²) in [5.74, 6) is 3.67. The first-order valence-corrected chi connectivity index (χ1v) is 11.5. The first-order valence-electron chi connectivity index (χ1n) is 11.5. The molecule has 0 radical (unpaired) electrons. The number of benzene rings is 2. The molecule has 1 fully saturated rings. The van der Waals surface area contributed by atoms with Gasteiger partial charge >= 0.3 is 0 Å². The molecule has 1 saturated heterocycles. The van der Waals surface area contributed by atoms with E-state index in [-0.39, 0.29) is 0 Å². The summed E-state index contributed by atoms with van der Waals surface area (Å²) in [6.07, 6.45) is 1.83. The van der Waals surface area contributed by atoms with Gasteiger partial charge in [-0.05, 0) is 18.2 Å². The van der Waals surface area contributed by atoms with Gasteiger partial charge in [0.05, 0.1) is 19.7 Å². The number of hydrogen-bond donors (Lipinski definition) is 0. The van der Waals surface area contributed by atoms with Gasteiger partial charge < -0.3 is 19.3 Å². The minimum absolute atomic E-state index is 0.629. The number of anilines is 2. The summed E-state index contributed by atoms with van der Waals surface area (Å²) >= 11 is 0. The zero-order valence-electron chi connectivity index (χ0n) is 19.6. The molecule has 35 heavy (non-hydrogen) atoms. The van der Waals surface area contributed by atoms with E-state index in [4.69, 9.17) is 24.5 Å². The highest BCUT2D eigenvalue weighted by molar-refractivity contribution is 5.95. The molecule has 0 N–H and O–H groups in total. The fourth-order valence-electron chi connectivity index (χ4n) is 4.51. The molecule has 0 amide bonds. The van der Waals surface area contributed by atoms with Crippen molar-refractivity contribution in [2.75, 3.05) is 50.2 Å². The third kappa shape index (κ3) is 3.74. The third-order valence-corrected chi connectivity index (χ3v) is 6.33. The minimum atomic E-state index is 0.629. The number of hydrogen-bond acceptors (Lipinski definition) is 8. The molecule has 0 spiro atoms. The van der Waals surface area contributed by atoms with E-state index in [1.807, 2.05) is 71.4 Å². The standard InChI is InChI=1S/C26H25N7O2/c1-34-21-16-19-20(17-22(21)35-2)28-26(32-14-12-31(13-15-32)23-10-6-7-11-27-23)33-25(19)29-24(30-33)18-8-4-3-5-9-18/h3-11,16-17H,12-15H2,1-2H3. The molecule has 6 rings (SSSR count). The zero-order chi connectivity index (χ0) is 23.8. The fourth-order valence-corrected chi connectivity index (χ4v) is 4.51. The Hall–Kier alpha value is -4.40. The Morgan fingerprint density at radius 2 is 1.49 bits per heavy atom. The van der Waals surface area contributed by atoms with Crippen LogP contribution in [0.2, 0.25) is 0 Å². The normalized spacial score (nSPS) is 14.0. The van der Waals surface area contributed by atoms with Crippen LogP contribution in [0.1, 0.15) is 0 Å². The molecule has 4 heterocycles. The van der Waals surface area contributed by atoms with E-state index in [2.05, 4.69) is 14.8 Å². The topological polar surface area (TPSA) is 80.9 Å². The Bertz CT molecular complexity index is 1480. The molecule has 1 aliphatic rings. The van der Waals surface area contributed by atoms with Crippen LogP contribution in [-0.2, 0) is 0 Å². The van der Waals surface area contributed by atoms with Crippen LogP contribution in [0, 0.1) is 0 Å². The number of pyridine rings is 1. The number of piperazine rings is 1. The first-order chi connectivity index (χ1) is 17.2. The molecular weight excluding hydrogens is 442 g/mol. The number of aromatic nitrogens is 5. The van der Waals surface area contributed by atoms with Crippen molar-refractivity contribution >= 4 is 28.3 Å². The van der Waals surface area contributed by atoms with Crippen molar-refractivity contribution in [2.24, 2.45) is 0 Å². The van der Waals surface area contributed by atoms with Gasteiger partial charge in [-0.1, -0.05) is 36.4 Å². The van der Waals surface area contributed by atoms with Crippen molar-refractivity contribution in [3.05, 3.63) is 66.9 Å². The zero-order valence-corrected chi connectivity index (χ0v) is 19.6. The molecule has 2 aromatic carbocycles. The van der Waals surface area contributed by atoms with E-state index >= 15 is 0 Å². The van der Waals surface area contributed by atoms with Gasteiger partial charge in [0.15, 0.2) is 23.0 Å². The van der Waals surface area contributed by atoms with Crippen molar-refractivity contribution in [1.82, 2.24) is 24.6 Å². The molecule has 1 aliphatic heterocycles. The fraction of sp³-hybridized carbons (Fsp3) is 0.231. The predicted octanol–water partition coefficient (Wildman–Crippen LogP) is 3.68. The van der Waals surface area contributed by atoms with Crippen molar-refractivity contribution in [3.63, 3.8) is 0 Å². The van der Waals surface area contributed by atoms with Crippen molar-refractivity contribution in [2.45, 2.75) is 0 Å². The van der Waals surface area contributed by atoms with Crippen LogP contribution in [0.15, 0.2) is 66.9 Å². The smallest absolute Gasteiger partial charge is 0.229 e. The summed E-state index contributed by atoms with van der Waals surface area (Å²) < 4.78 is 13.0. The molecule has 5 aromatic rings. The van der Waals surface area contributed by atoms with E-state index in [1.165, 1.54) is 0 Å². The van der Waals surface area contributed by atoms with E-state index in [0.29, 0.717) is 17.3 Å². The van der Waals surface area contributed by atoms with Crippen LogP contribution in [-0.4, -0.2) is 65.0 Å². The van der Waals surface area contributed by atoms with Crippen molar-refractivity contribution in [3.8, 4) is 22.9 Å². The van der Waals surface area contributed by atoms with Crippen LogP contribution in [0.5, 0.6) is 11.5 Å². The third-order valence-electron chi connectivity index (χ3n) is 6.33. The van der Waals surface area contributed by atoms with Crippen LogP contribution in [0.4, 0.5) is 11.8 Å². The Balaban J connectivity index is 1.47. The quantitative estimate of drug-likeness (QED) is 0.387. The summed E-state index contributed by atoms with van der Waals surface area (Å²) in [6, 6.07) is 19.8. The second-order valence-corrected chi connectivity index (χ2v) is 8.34. The Kier molecular flexibility index (Phi) is 5.29. The van der Waals surface area contributed by atoms with Crippen LogP contribution in [0.25, 0.3) is 27.9 Å². The summed E-state index contributed by atoms with van der Waals surface area (Å²) in [5, 5.41) is 5.74. The molecular formula is C26H25N7O2. The lowest BCUT2D eigenvalue weighted by Crippen LogP contribution is -2.47. The van der Waals surface area contributed by atoms with Gasteiger partial charge in [-0.2, -0.15) is 4.52 Å². The average Bonchev–Trinajstić information content (AvgIpc) is 3.39. The first kappa shape index (κ1) is 21.2. The average molecular weight is 468 g/mol. The monoisotopic (exact) mass is 467 g/mol. The van der Waals surface area contributed by atoms with Crippen LogP contribution >= 0.6 is 0 Å². The highest BCUT2D eigenvalue weighted by Gasteiger charge is 2.24. The molecule has 0 aliphatic carbocycles. The largest absolute Gasteiger partial charge is 0.493 e. The molecule has 0 bridgehead atoms. The van der Waals surface area contributed by atoms with Crippen molar-refractivity contribution < 1.29 is 9.47 Å². The SMILES string of the molecule is COc1cc2nc(N3CCN(c4ccccn4)CC3)n3nc(-c4ccccc4)nc3c2cc1OC. The van der Waals surface area contributed by atoms with Gasteiger partial charge in [-0.3, -0.25) is 0 Å². The Labute approximate surface area is 202 Å². The number of nitrogens with zero attached hydrogens (tertiary/aromatic N) is 7. The molecule has 0 saturated carbocycles. The van der Waals surface area contributed by atoms with E-state index < -0.39 is 0 Å². The molecule has 0 unspecified atom stereocenters. The Morgan fingerprint density at radius 1 is 0.771 bits per heavy atom. The van der Waals surface area contributed by atoms with Gasteiger partial charge in [0.2, 0.25) is 5.95 Å². The lowest BCUT2D eigenvalue weighted by molar-refractivity contribution is 0.356. The van der Waals surface area contributed by atoms with E-state index in [1.54, 1.807) is 14.2 Å². The maximum atomic E-state index is 5.55. The van der Waals surface area contributed by atoms with Crippen LogP contribution < -0.4 is 19.3 Å². The number of methoxy groups -OCH3 is 2. The van der Waals surface area contributed by atoms with Gasteiger partial charge in [-0.25, -0.2) is 15.0 Å². The van der Waals surface area contributed by atoms with E-state index in [9.17, 15) is 0 Å². The van der Waals surface area contributed by atoms with Crippen molar-refractivity contribution in [1.29, 1.82) is 0 Å². The lowest BCUT2D eigenvalue weighted by Gasteiger charge is -2.35. The Morgan fingerprint density at radius 3 is 2.20 bits per heavy atom. The van der Waals surface area contributed by atoms with Gasteiger partial charge in [0.1, 0.15) is 5.82 Å². The summed E-state index contributed by atoms with van der Waals surface area (Å²) in [6.45, 7) is 3.25. The van der Waals surface area contributed by atoms with Crippen LogP contribution in [0.3, 0.4) is 0 Å². The maximum absolute atomic E-state index is 5.55. The highest BCUT2D eigenvalue weighted by Crippen LogP contribution is 2.35. The summed E-state index contributed by atoms with van der Waals surface area (Å²) in [7, 11) is 3.26. The van der Waals surface area contributed by atoms with Gasteiger partial charge in [-0.15, -0.1) is 5.10 Å². The number of fused-ring (bicyclic) bond motifs is 3. The molecule has 176 valence electrons. The number of rotatable bonds is 5. The predicted molar refractivity (Wildman–Crippen MR) is 135 cm³/mol. The molecule has 9 heteroatoms. The summed E-state index contributed by atoms with van der Waals surface area (Å²) in [4.78, 5) is 19.0.